The topological polar surface area (TPSA) is 354 Å². The summed E-state index contributed by atoms with van der Waals surface area (Å²) in [6, 6.07) is 0. The molecule has 4 aliphatic carbocycles. The summed E-state index contributed by atoms with van der Waals surface area (Å²) in [5.74, 6) is -0.633. The van der Waals surface area contributed by atoms with Crippen LogP contribution in [0.2, 0.25) is 0 Å². The third-order valence-electron chi connectivity index (χ3n) is 16.7. The van der Waals surface area contributed by atoms with Crippen LogP contribution in [0.4, 0.5) is 0 Å². The SMILES string of the molecule is C=C1C[C@@]23CC[C@H]4[C@@](C)(CCC[C@@]4(C)C(=O)O[C@@H]4OC[C@H](O)[C@H](O)[C@H]4O)[C@@H]2CC[C@]1(O[C@@H]1O[C@H](CO)[C@@H](O)[C@H](O[C@@H]2O[C@H](CO)[C@@H](O)[C@H](O)[C@H]2O)[C@H]1O[C@@H]1O[C@H](CO)[C@@H](O)[C@H](O)[C@H]1O)C3. The first kappa shape index (κ1) is 49.8. The van der Waals surface area contributed by atoms with Crippen LogP contribution in [0.25, 0.3) is 0 Å². The van der Waals surface area contributed by atoms with Crippen molar-refractivity contribution < 1.29 is 109 Å². The van der Waals surface area contributed by atoms with E-state index in [0.29, 0.717) is 51.4 Å². The van der Waals surface area contributed by atoms with Crippen LogP contribution in [-0.2, 0) is 42.7 Å². The highest BCUT2D eigenvalue weighted by Crippen LogP contribution is 2.73. The normalized spacial score (nSPS) is 54.7. The molecule has 0 aromatic heterocycles. The number of hydrogen-bond acceptors (Lipinski definition) is 22. The number of carbonyl (C=O) groups excluding carboxylic acids is 1. The van der Waals surface area contributed by atoms with Crippen molar-refractivity contribution in [2.45, 2.75) is 194 Å². The molecular formula is C43H68O22. The molecule has 25 atom stereocenters. The molecule has 13 N–H and O–H groups in total. The van der Waals surface area contributed by atoms with Crippen molar-refractivity contribution in [2.75, 3.05) is 26.4 Å². The number of fused-ring (bicyclic) bond motifs is 3. The second-order valence-electron chi connectivity index (χ2n) is 20.4. The first-order valence-corrected chi connectivity index (χ1v) is 22.8. The van der Waals surface area contributed by atoms with E-state index in [1.165, 1.54) is 0 Å². The first-order chi connectivity index (χ1) is 30.7. The van der Waals surface area contributed by atoms with Gasteiger partial charge < -0.3 is 104 Å². The van der Waals surface area contributed by atoms with Crippen molar-refractivity contribution in [1.29, 1.82) is 0 Å². The second kappa shape index (κ2) is 18.6. The standard InChI is InChI=1S/C43H68O22/c1-17-11-42-9-5-22-40(2,7-4-8-41(22,3)39(57)64-35-30(54)24(48)18(47)15-58-35)23(42)6-10-43(17,16-42)65-38-34(63-37-32(56)29(53)26(50)20(13-45)60-37)33(27(51)21(14-46)61-38)62-36-31(55)28(52)25(49)19(12-44)59-36/h18-38,44-56H,1,4-16H2,2-3H3/t18-,19+,20+,21+,22-,23-,24-,25+,26+,27+,28-,29-,30+,31+,32+,33-,34+,35-,36-,37-,38-,40+,41+,42+,43-/m0/s1. The lowest BCUT2D eigenvalue weighted by molar-refractivity contribution is -0.400. The van der Waals surface area contributed by atoms with Gasteiger partial charge in [-0.25, -0.2) is 0 Å². The fourth-order valence-corrected chi connectivity index (χ4v) is 13.2. The number of aliphatic hydroxyl groups excluding tert-OH is 13. The van der Waals surface area contributed by atoms with Crippen molar-refractivity contribution in [3.63, 3.8) is 0 Å². The van der Waals surface area contributed by atoms with Crippen molar-refractivity contribution in [3.8, 4) is 0 Å². The Hall–Kier alpha value is -1.59. The molecular weight excluding hydrogens is 868 g/mol. The molecule has 0 radical (unpaired) electrons. The molecule has 8 aliphatic rings. The average Bonchev–Trinajstić information content (AvgIpc) is 3.48. The number of hydrogen-bond donors (Lipinski definition) is 13. The average molecular weight is 937 g/mol. The summed E-state index contributed by atoms with van der Waals surface area (Å²) in [5.41, 5.74) is -2.13. The smallest absolute Gasteiger partial charge is 0.314 e. The van der Waals surface area contributed by atoms with Gasteiger partial charge in [-0.2, -0.15) is 0 Å². The summed E-state index contributed by atoms with van der Waals surface area (Å²) in [6.07, 6.45) is -26.6. The van der Waals surface area contributed by atoms with E-state index in [2.05, 4.69) is 13.5 Å². The monoisotopic (exact) mass is 936 g/mol. The lowest BCUT2D eigenvalue weighted by Crippen LogP contribution is -2.68. The number of rotatable bonds is 11. The number of aliphatic hydroxyl groups is 13. The molecule has 1 spiro atoms. The van der Waals surface area contributed by atoms with Crippen LogP contribution in [0.15, 0.2) is 12.2 Å². The predicted octanol–water partition coefficient (Wildman–Crippen LogP) is -4.47. The van der Waals surface area contributed by atoms with E-state index < -0.39 is 154 Å². The van der Waals surface area contributed by atoms with Crippen LogP contribution in [0, 0.1) is 28.1 Å². The van der Waals surface area contributed by atoms with Gasteiger partial charge in [-0.3, -0.25) is 4.79 Å². The molecule has 2 bridgehead atoms. The Labute approximate surface area is 375 Å². The zero-order chi connectivity index (χ0) is 47.1. The van der Waals surface area contributed by atoms with Crippen LogP contribution in [0.1, 0.15) is 71.6 Å². The maximum atomic E-state index is 14.1. The Morgan fingerprint density at radius 1 is 0.631 bits per heavy atom. The van der Waals surface area contributed by atoms with E-state index in [1.807, 2.05) is 6.92 Å². The number of ether oxygens (including phenoxy) is 8. The summed E-state index contributed by atoms with van der Waals surface area (Å²) in [4.78, 5) is 14.1. The second-order valence-corrected chi connectivity index (χ2v) is 20.4. The van der Waals surface area contributed by atoms with Gasteiger partial charge in [-0.05, 0) is 86.5 Å². The molecule has 22 heteroatoms. The fourth-order valence-electron chi connectivity index (χ4n) is 13.2. The van der Waals surface area contributed by atoms with E-state index in [4.69, 9.17) is 37.9 Å². The summed E-state index contributed by atoms with van der Waals surface area (Å²) in [6.45, 7) is 5.88. The van der Waals surface area contributed by atoms with Crippen molar-refractivity contribution in [1.82, 2.24) is 0 Å². The van der Waals surface area contributed by atoms with Gasteiger partial charge in [0.25, 0.3) is 0 Å². The minimum atomic E-state index is -1.94. The minimum absolute atomic E-state index is 0.0633. The minimum Gasteiger partial charge on any atom is -0.432 e. The lowest BCUT2D eigenvalue weighted by atomic mass is 9.41. The van der Waals surface area contributed by atoms with E-state index in [9.17, 15) is 71.2 Å². The van der Waals surface area contributed by atoms with Crippen LogP contribution < -0.4 is 0 Å². The Kier molecular flexibility index (Phi) is 14.3. The number of carbonyl (C=O) groups is 1. The van der Waals surface area contributed by atoms with Crippen LogP contribution >= 0.6 is 0 Å². The molecule has 22 nitrogen and oxygen atoms in total. The quantitative estimate of drug-likeness (QED) is 0.0528. The highest BCUT2D eigenvalue weighted by Gasteiger charge is 2.69. The molecule has 8 rings (SSSR count). The fraction of sp³-hybridized carbons (Fsp3) is 0.930. The van der Waals surface area contributed by atoms with Gasteiger partial charge in [0, 0.05) is 0 Å². The number of esters is 1. The molecule has 65 heavy (non-hydrogen) atoms. The van der Waals surface area contributed by atoms with E-state index >= 15 is 0 Å². The van der Waals surface area contributed by atoms with Gasteiger partial charge in [0.05, 0.1) is 37.4 Å². The van der Waals surface area contributed by atoms with Crippen LogP contribution in [0.3, 0.4) is 0 Å². The Balaban J connectivity index is 1.07. The maximum absolute atomic E-state index is 14.1. The molecule has 0 unspecified atom stereocenters. The van der Waals surface area contributed by atoms with Crippen LogP contribution in [0.5, 0.6) is 0 Å². The van der Waals surface area contributed by atoms with Gasteiger partial charge in [-0.1, -0.05) is 19.9 Å². The van der Waals surface area contributed by atoms with Gasteiger partial charge in [0.1, 0.15) is 91.6 Å². The molecule has 4 heterocycles. The Bertz CT molecular complexity index is 1710. The Morgan fingerprint density at radius 3 is 1.77 bits per heavy atom. The highest BCUT2D eigenvalue weighted by molar-refractivity contribution is 5.77. The summed E-state index contributed by atoms with van der Waals surface area (Å²) >= 11 is 0. The zero-order valence-electron chi connectivity index (χ0n) is 36.5. The molecule has 8 fully saturated rings. The Morgan fingerprint density at radius 2 is 1.17 bits per heavy atom. The van der Waals surface area contributed by atoms with Crippen molar-refractivity contribution >= 4 is 5.97 Å². The third kappa shape index (κ3) is 8.32. The first-order valence-electron chi connectivity index (χ1n) is 22.8. The largest absolute Gasteiger partial charge is 0.432 e. The van der Waals surface area contributed by atoms with Gasteiger partial charge in [0.2, 0.25) is 6.29 Å². The summed E-state index contributed by atoms with van der Waals surface area (Å²) in [5, 5.41) is 137. The molecule has 4 saturated carbocycles. The summed E-state index contributed by atoms with van der Waals surface area (Å²) < 4.78 is 48.1. The molecule has 372 valence electrons. The van der Waals surface area contributed by atoms with Gasteiger partial charge in [-0.15, -0.1) is 0 Å². The predicted molar refractivity (Wildman–Crippen MR) is 213 cm³/mol. The van der Waals surface area contributed by atoms with Crippen molar-refractivity contribution in [2.24, 2.45) is 28.1 Å². The highest BCUT2D eigenvalue weighted by atomic mass is 16.8. The molecule has 0 aromatic rings. The van der Waals surface area contributed by atoms with E-state index in [0.717, 1.165) is 12.0 Å². The maximum Gasteiger partial charge on any atom is 0.314 e. The van der Waals surface area contributed by atoms with Crippen molar-refractivity contribution in [3.05, 3.63) is 12.2 Å². The zero-order valence-corrected chi connectivity index (χ0v) is 36.5. The molecule has 0 aromatic carbocycles. The third-order valence-corrected chi connectivity index (χ3v) is 16.7. The lowest BCUT2D eigenvalue weighted by Gasteiger charge is -2.64. The molecule has 4 saturated heterocycles. The summed E-state index contributed by atoms with van der Waals surface area (Å²) in [7, 11) is 0. The van der Waals surface area contributed by atoms with Gasteiger partial charge in [0.15, 0.2) is 18.9 Å². The van der Waals surface area contributed by atoms with Crippen LogP contribution in [-0.4, -0.2) is 221 Å². The molecule has 0 amide bonds. The van der Waals surface area contributed by atoms with Gasteiger partial charge >= 0.3 is 5.97 Å². The molecule has 4 aliphatic heterocycles. The van der Waals surface area contributed by atoms with E-state index in [-0.39, 0.29) is 29.3 Å². The van der Waals surface area contributed by atoms with E-state index in [1.54, 1.807) is 0 Å².